The molecule has 0 bridgehead atoms. The molecule has 1 atom stereocenters. The topological polar surface area (TPSA) is 82.9 Å². The number of aromatic amines is 1. The Morgan fingerprint density at radius 3 is 2.20 bits per heavy atom. The van der Waals surface area contributed by atoms with Crippen LogP contribution >= 0.6 is 0 Å². The van der Waals surface area contributed by atoms with Gasteiger partial charge in [0.05, 0.1) is 11.3 Å². The molecule has 1 fully saturated rings. The molecule has 230 valence electrons. The summed E-state index contributed by atoms with van der Waals surface area (Å²) in [4.78, 5) is 19.5. The van der Waals surface area contributed by atoms with E-state index in [1.165, 1.54) is 11.1 Å². The zero-order chi connectivity index (χ0) is 31.3. The van der Waals surface area contributed by atoms with Crippen LogP contribution in [0.1, 0.15) is 34.1 Å². The molecule has 2 aromatic heterocycles. The minimum absolute atomic E-state index is 0.0340. The summed E-state index contributed by atoms with van der Waals surface area (Å²) in [5, 5.41) is 14.5. The highest BCUT2D eigenvalue weighted by molar-refractivity contribution is 6.01. The Balaban J connectivity index is 1.29. The fourth-order valence-corrected chi connectivity index (χ4v) is 6.62. The largest absolute Gasteiger partial charge is 0.333 e. The van der Waals surface area contributed by atoms with Gasteiger partial charge in [-0.2, -0.15) is 0 Å². The third-order valence-electron chi connectivity index (χ3n) is 8.83. The maximum atomic E-state index is 14.9. The molecule has 0 aliphatic carbocycles. The van der Waals surface area contributed by atoms with Gasteiger partial charge in [0.1, 0.15) is 0 Å². The van der Waals surface area contributed by atoms with Crippen LogP contribution in [-0.2, 0) is 19.4 Å². The van der Waals surface area contributed by atoms with E-state index in [0.29, 0.717) is 12.4 Å². The second-order valence-corrected chi connectivity index (χ2v) is 11.8. The Hall–Kier alpha value is -5.34. The second kappa shape index (κ2) is 13.3. The van der Waals surface area contributed by atoms with Gasteiger partial charge in [-0.3, -0.25) is 9.69 Å². The van der Waals surface area contributed by atoms with E-state index in [0.717, 1.165) is 66.2 Å². The second-order valence-electron chi connectivity index (χ2n) is 11.8. The van der Waals surface area contributed by atoms with Crippen molar-refractivity contribution in [3.63, 3.8) is 0 Å². The lowest BCUT2D eigenvalue weighted by atomic mass is 9.99. The van der Waals surface area contributed by atoms with Crippen molar-refractivity contribution in [3.05, 3.63) is 144 Å². The number of H-pyrrole nitrogens is 1. The molecule has 3 heterocycles. The number of aryl methyl sites for hydroxylation is 1. The number of nitrogens with zero attached hydrogens (tertiary/aromatic N) is 6. The number of amides is 1. The number of tetrazole rings is 1. The lowest BCUT2D eigenvalue weighted by Gasteiger charge is -2.42. The van der Waals surface area contributed by atoms with Crippen LogP contribution in [0.2, 0.25) is 0 Å². The summed E-state index contributed by atoms with van der Waals surface area (Å²) in [7, 11) is 0. The van der Waals surface area contributed by atoms with Gasteiger partial charge in [0, 0.05) is 49.2 Å². The number of benzene rings is 4. The summed E-state index contributed by atoms with van der Waals surface area (Å²) in [5.41, 5.74) is 8.06. The van der Waals surface area contributed by atoms with Crippen LogP contribution in [0.5, 0.6) is 0 Å². The fourth-order valence-electron chi connectivity index (χ4n) is 6.62. The molecule has 1 saturated heterocycles. The van der Waals surface area contributed by atoms with Crippen molar-refractivity contribution in [1.29, 1.82) is 0 Å². The molecular weight excluding hydrogens is 570 g/mol. The van der Waals surface area contributed by atoms with Crippen molar-refractivity contribution in [2.45, 2.75) is 32.4 Å². The Labute approximate surface area is 269 Å². The molecular formula is C38H37N7O. The van der Waals surface area contributed by atoms with E-state index in [1.807, 2.05) is 36.4 Å². The van der Waals surface area contributed by atoms with E-state index in [9.17, 15) is 4.79 Å². The highest BCUT2D eigenvalue weighted by atomic mass is 16.2. The highest BCUT2D eigenvalue weighted by Crippen LogP contribution is 2.34. The summed E-state index contributed by atoms with van der Waals surface area (Å²) in [6, 6.07) is 41.7. The summed E-state index contributed by atoms with van der Waals surface area (Å²) in [5.74, 6) is 0.671. The molecule has 0 radical (unpaired) electrons. The summed E-state index contributed by atoms with van der Waals surface area (Å²) in [6.45, 7) is 5.31. The van der Waals surface area contributed by atoms with Crippen molar-refractivity contribution in [2.24, 2.45) is 0 Å². The molecule has 1 aliphatic rings. The number of carbonyl (C=O) groups is 1. The van der Waals surface area contributed by atoms with E-state index in [-0.39, 0.29) is 11.9 Å². The molecule has 46 heavy (non-hydrogen) atoms. The molecule has 6 aromatic rings. The van der Waals surface area contributed by atoms with Gasteiger partial charge in [-0.1, -0.05) is 110 Å². The number of hydrogen-bond acceptors (Lipinski definition) is 5. The SMILES string of the molecule is CCc1cc(C(=O)N2CCN(Cc3ccccc3)C[C@H]2Cc2ccccc2)c(-c2ccccc2)n1-c1cccc(-c2nnn[nH]2)c1. The third kappa shape index (κ3) is 6.12. The molecule has 4 aromatic carbocycles. The first-order valence-electron chi connectivity index (χ1n) is 15.9. The Morgan fingerprint density at radius 1 is 0.804 bits per heavy atom. The smallest absolute Gasteiger partial charge is 0.256 e. The number of hydrogen-bond donors (Lipinski definition) is 1. The first-order valence-corrected chi connectivity index (χ1v) is 15.9. The van der Waals surface area contributed by atoms with Crippen LogP contribution in [0.25, 0.3) is 28.3 Å². The van der Waals surface area contributed by atoms with Crippen LogP contribution in [0.15, 0.2) is 121 Å². The molecule has 0 saturated carbocycles. The van der Waals surface area contributed by atoms with Gasteiger partial charge in [0.25, 0.3) is 5.91 Å². The third-order valence-corrected chi connectivity index (χ3v) is 8.83. The van der Waals surface area contributed by atoms with Crippen molar-refractivity contribution in [1.82, 2.24) is 35.0 Å². The van der Waals surface area contributed by atoms with Gasteiger partial charge >= 0.3 is 0 Å². The molecule has 8 nitrogen and oxygen atoms in total. The van der Waals surface area contributed by atoms with Crippen molar-refractivity contribution >= 4 is 5.91 Å². The first-order chi connectivity index (χ1) is 22.7. The molecule has 0 unspecified atom stereocenters. The van der Waals surface area contributed by atoms with Crippen LogP contribution in [-0.4, -0.2) is 66.6 Å². The predicted octanol–water partition coefficient (Wildman–Crippen LogP) is 6.46. The van der Waals surface area contributed by atoms with Gasteiger partial charge in [0.2, 0.25) is 0 Å². The highest BCUT2D eigenvalue weighted by Gasteiger charge is 2.34. The molecule has 1 amide bonds. The molecule has 1 aliphatic heterocycles. The fraction of sp³-hybridized carbons (Fsp3) is 0.211. The standard InChI is InChI=1S/C38H37N7O/c1-2-32-25-35(36(30-17-10-5-11-18-30)45(32)33-20-12-19-31(24-33)37-39-41-42-40-37)38(46)44-22-21-43(26-29-15-8-4-9-16-29)27-34(44)23-28-13-6-3-7-14-28/h3-20,24-25,34H,2,21-23,26-27H2,1H3,(H,39,40,41,42)/t34-/m1/s1. The van der Waals surface area contributed by atoms with Crippen molar-refractivity contribution < 1.29 is 4.79 Å². The van der Waals surface area contributed by atoms with Gasteiger partial charge < -0.3 is 9.47 Å². The Morgan fingerprint density at radius 2 is 1.50 bits per heavy atom. The average molecular weight is 608 g/mol. The van der Waals surface area contributed by atoms with E-state index in [1.54, 1.807) is 0 Å². The first kappa shape index (κ1) is 29.4. The predicted molar refractivity (Wildman–Crippen MR) is 180 cm³/mol. The van der Waals surface area contributed by atoms with Crippen LogP contribution < -0.4 is 0 Å². The van der Waals surface area contributed by atoms with Gasteiger partial charge in [-0.25, -0.2) is 5.10 Å². The molecule has 1 N–H and O–H groups in total. The monoisotopic (exact) mass is 607 g/mol. The quantitative estimate of drug-likeness (QED) is 0.204. The maximum Gasteiger partial charge on any atom is 0.256 e. The van der Waals surface area contributed by atoms with E-state index in [4.69, 9.17) is 0 Å². The lowest BCUT2D eigenvalue weighted by Crippen LogP contribution is -2.55. The minimum Gasteiger partial charge on any atom is -0.333 e. The minimum atomic E-state index is 0.0340. The van der Waals surface area contributed by atoms with E-state index >= 15 is 0 Å². The molecule has 0 spiro atoms. The normalized spacial score (nSPS) is 15.2. The Bertz CT molecular complexity index is 1890. The number of piperazine rings is 1. The zero-order valence-electron chi connectivity index (χ0n) is 26.0. The van der Waals surface area contributed by atoms with Crippen LogP contribution in [0.3, 0.4) is 0 Å². The number of aromatic nitrogens is 5. The lowest BCUT2D eigenvalue weighted by molar-refractivity contribution is 0.0439. The zero-order valence-corrected chi connectivity index (χ0v) is 26.0. The van der Waals surface area contributed by atoms with Gasteiger partial charge in [-0.15, -0.1) is 5.10 Å². The van der Waals surface area contributed by atoms with Crippen LogP contribution in [0.4, 0.5) is 0 Å². The van der Waals surface area contributed by atoms with Gasteiger partial charge in [0.15, 0.2) is 5.82 Å². The van der Waals surface area contributed by atoms with Crippen LogP contribution in [0, 0.1) is 0 Å². The van der Waals surface area contributed by atoms with E-state index in [2.05, 4.69) is 127 Å². The van der Waals surface area contributed by atoms with E-state index < -0.39 is 0 Å². The summed E-state index contributed by atoms with van der Waals surface area (Å²) >= 11 is 0. The van der Waals surface area contributed by atoms with Crippen molar-refractivity contribution in [3.8, 4) is 28.3 Å². The number of rotatable bonds is 9. The Kier molecular flexibility index (Phi) is 8.52. The summed E-state index contributed by atoms with van der Waals surface area (Å²) < 4.78 is 2.23. The average Bonchev–Trinajstić information content (AvgIpc) is 3.79. The number of nitrogens with one attached hydrogen (secondary N) is 1. The van der Waals surface area contributed by atoms with Gasteiger partial charge in [-0.05, 0) is 58.2 Å². The number of carbonyl (C=O) groups excluding carboxylic acids is 1. The maximum absolute atomic E-state index is 14.9. The summed E-state index contributed by atoms with van der Waals surface area (Å²) in [6.07, 6.45) is 1.56. The molecule has 7 rings (SSSR count). The van der Waals surface area contributed by atoms with Crippen molar-refractivity contribution in [2.75, 3.05) is 19.6 Å². The molecule has 8 heteroatoms.